The van der Waals surface area contributed by atoms with E-state index in [4.69, 9.17) is 10.5 Å². The van der Waals surface area contributed by atoms with Gasteiger partial charge in [0.2, 0.25) is 5.91 Å². The minimum Gasteiger partial charge on any atom is -0.381 e. The van der Waals surface area contributed by atoms with Gasteiger partial charge in [-0.3, -0.25) is 4.79 Å². The van der Waals surface area contributed by atoms with Crippen LogP contribution in [0.5, 0.6) is 0 Å². The van der Waals surface area contributed by atoms with Crippen molar-refractivity contribution in [3.63, 3.8) is 0 Å². The van der Waals surface area contributed by atoms with Crippen LogP contribution in [0.4, 0.5) is 0 Å². The molecule has 2 rings (SSSR count). The van der Waals surface area contributed by atoms with Gasteiger partial charge < -0.3 is 15.4 Å². The van der Waals surface area contributed by atoms with E-state index in [9.17, 15) is 4.79 Å². The third kappa shape index (κ3) is 3.48. The summed E-state index contributed by atoms with van der Waals surface area (Å²) in [4.78, 5) is 14.7. The van der Waals surface area contributed by atoms with E-state index in [0.29, 0.717) is 32.0 Å². The molecule has 110 valence electrons. The lowest BCUT2D eigenvalue weighted by Gasteiger charge is -2.36. The van der Waals surface area contributed by atoms with Crippen molar-refractivity contribution in [1.29, 1.82) is 0 Å². The van der Waals surface area contributed by atoms with Gasteiger partial charge in [-0.25, -0.2) is 0 Å². The fourth-order valence-electron chi connectivity index (χ4n) is 3.26. The summed E-state index contributed by atoms with van der Waals surface area (Å²) in [5.41, 5.74) is 5.64. The molecule has 2 aliphatic heterocycles. The van der Waals surface area contributed by atoms with Gasteiger partial charge in [-0.15, -0.1) is 0 Å². The Balaban J connectivity index is 1.95. The molecule has 0 spiro atoms. The van der Waals surface area contributed by atoms with E-state index in [1.165, 1.54) is 6.42 Å². The van der Waals surface area contributed by atoms with Crippen molar-refractivity contribution in [2.75, 3.05) is 26.3 Å². The molecule has 0 bridgehead atoms. The average molecular weight is 268 g/mol. The van der Waals surface area contributed by atoms with Crippen LogP contribution in [0.3, 0.4) is 0 Å². The number of hydrogen-bond donors (Lipinski definition) is 1. The molecule has 2 aliphatic rings. The van der Waals surface area contributed by atoms with Crippen molar-refractivity contribution in [1.82, 2.24) is 4.90 Å². The highest BCUT2D eigenvalue weighted by molar-refractivity contribution is 5.86. The minimum absolute atomic E-state index is 0.153. The molecule has 2 fully saturated rings. The maximum atomic E-state index is 12.6. The Labute approximate surface area is 116 Å². The molecule has 1 amide bonds. The van der Waals surface area contributed by atoms with Gasteiger partial charge in [-0.2, -0.15) is 0 Å². The van der Waals surface area contributed by atoms with Gasteiger partial charge in [-0.1, -0.05) is 13.8 Å². The maximum Gasteiger partial charge on any atom is 0.242 e. The molecule has 0 aliphatic carbocycles. The van der Waals surface area contributed by atoms with E-state index in [0.717, 1.165) is 31.8 Å². The van der Waals surface area contributed by atoms with Crippen molar-refractivity contribution in [2.24, 2.45) is 17.6 Å². The Hall–Kier alpha value is -0.610. The molecule has 0 saturated carbocycles. The van der Waals surface area contributed by atoms with Crippen molar-refractivity contribution in [2.45, 2.75) is 51.5 Å². The largest absolute Gasteiger partial charge is 0.381 e. The van der Waals surface area contributed by atoms with Gasteiger partial charge in [0.1, 0.15) is 0 Å². The summed E-state index contributed by atoms with van der Waals surface area (Å²) in [7, 11) is 0. The predicted molar refractivity (Wildman–Crippen MR) is 75.7 cm³/mol. The number of nitrogens with two attached hydrogens (primary N) is 1. The molecule has 4 heteroatoms. The van der Waals surface area contributed by atoms with E-state index in [1.54, 1.807) is 0 Å². The van der Waals surface area contributed by atoms with Crippen LogP contribution in [0.1, 0.15) is 46.0 Å². The summed E-state index contributed by atoms with van der Waals surface area (Å²) in [5.74, 6) is 1.62. The van der Waals surface area contributed by atoms with Crippen LogP contribution in [-0.4, -0.2) is 42.6 Å². The van der Waals surface area contributed by atoms with Gasteiger partial charge in [0.25, 0.3) is 0 Å². The highest BCUT2D eigenvalue weighted by Gasteiger charge is 2.39. The zero-order valence-electron chi connectivity index (χ0n) is 12.4. The molecular formula is C15H28N2O2. The fraction of sp³-hybridized carbons (Fsp3) is 0.933. The average Bonchev–Trinajstić information content (AvgIpc) is 2.64. The molecule has 2 N–H and O–H groups in total. The molecule has 19 heavy (non-hydrogen) atoms. The third-order valence-electron chi connectivity index (χ3n) is 4.81. The number of rotatable bonds is 2. The van der Waals surface area contributed by atoms with E-state index < -0.39 is 5.54 Å². The topological polar surface area (TPSA) is 55.6 Å². The Morgan fingerprint density at radius 2 is 1.95 bits per heavy atom. The summed E-state index contributed by atoms with van der Waals surface area (Å²) >= 11 is 0. The molecule has 1 unspecified atom stereocenters. The second kappa shape index (κ2) is 6.23. The molecule has 0 aromatic heterocycles. The number of amides is 1. The first-order valence-corrected chi connectivity index (χ1v) is 7.69. The van der Waals surface area contributed by atoms with Crippen molar-refractivity contribution in [3.05, 3.63) is 0 Å². The number of likely N-dealkylation sites (tertiary alicyclic amines) is 1. The molecule has 0 aromatic rings. The number of hydrogen-bond acceptors (Lipinski definition) is 3. The quantitative estimate of drug-likeness (QED) is 0.830. The number of ether oxygens (including phenoxy) is 1. The van der Waals surface area contributed by atoms with E-state index >= 15 is 0 Å². The van der Waals surface area contributed by atoms with E-state index in [2.05, 4.69) is 13.8 Å². The standard InChI is InChI=1S/C15H28N2O2/c1-12(2)13-4-3-8-17(9-5-13)14(18)15(16)6-10-19-11-7-15/h12-13H,3-11,16H2,1-2H3. The Morgan fingerprint density at radius 1 is 1.26 bits per heavy atom. The summed E-state index contributed by atoms with van der Waals surface area (Å²) < 4.78 is 5.32. The Bertz CT molecular complexity index is 311. The fourth-order valence-corrected chi connectivity index (χ4v) is 3.26. The normalized spacial score (nSPS) is 28.2. The molecule has 4 nitrogen and oxygen atoms in total. The molecule has 2 saturated heterocycles. The first-order chi connectivity index (χ1) is 9.03. The van der Waals surface area contributed by atoms with Crippen LogP contribution in [0.2, 0.25) is 0 Å². The zero-order chi connectivity index (χ0) is 13.9. The Kier molecular flexibility index (Phi) is 4.85. The summed E-state index contributed by atoms with van der Waals surface area (Å²) in [6.07, 6.45) is 4.80. The summed E-state index contributed by atoms with van der Waals surface area (Å²) in [5, 5.41) is 0. The smallest absolute Gasteiger partial charge is 0.242 e. The maximum absolute atomic E-state index is 12.6. The number of carbonyl (C=O) groups excluding carboxylic acids is 1. The van der Waals surface area contributed by atoms with Gasteiger partial charge in [0, 0.05) is 26.3 Å². The zero-order valence-corrected chi connectivity index (χ0v) is 12.4. The summed E-state index contributed by atoms with van der Waals surface area (Å²) in [6.45, 7) is 7.55. The highest BCUT2D eigenvalue weighted by Crippen LogP contribution is 2.27. The van der Waals surface area contributed by atoms with Crippen molar-refractivity contribution < 1.29 is 9.53 Å². The lowest BCUT2D eigenvalue weighted by atomic mass is 9.89. The van der Waals surface area contributed by atoms with Crippen molar-refractivity contribution in [3.8, 4) is 0 Å². The highest BCUT2D eigenvalue weighted by atomic mass is 16.5. The van der Waals surface area contributed by atoms with Crippen LogP contribution in [0.15, 0.2) is 0 Å². The van der Waals surface area contributed by atoms with E-state index in [-0.39, 0.29) is 5.91 Å². The lowest BCUT2D eigenvalue weighted by Crippen LogP contribution is -2.58. The van der Waals surface area contributed by atoms with Crippen LogP contribution < -0.4 is 5.73 Å². The van der Waals surface area contributed by atoms with Crippen LogP contribution >= 0.6 is 0 Å². The van der Waals surface area contributed by atoms with Crippen LogP contribution in [-0.2, 0) is 9.53 Å². The SMILES string of the molecule is CC(C)C1CCCN(C(=O)C2(N)CCOCC2)CC1. The Morgan fingerprint density at radius 3 is 2.58 bits per heavy atom. The predicted octanol–water partition coefficient (Wildman–Crippen LogP) is 1.78. The number of carbonyl (C=O) groups is 1. The van der Waals surface area contributed by atoms with Crippen LogP contribution in [0.25, 0.3) is 0 Å². The van der Waals surface area contributed by atoms with E-state index in [1.807, 2.05) is 4.90 Å². The second-order valence-corrected chi connectivity index (χ2v) is 6.50. The minimum atomic E-state index is -0.671. The van der Waals surface area contributed by atoms with Gasteiger partial charge in [0.15, 0.2) is 0 Å². The lowest BCUT2D eigenvalue weighted by molar-refractivity contribution is -0.140. The molecular weight excluding hydrogens is 240 g/mol. The van der Waals surface area contributed by atoms with Gasteiger partial charge in [-0.05, 0) is 43.9 Å². The molecule has 0 radical (unpaired) electrons. The van der Waals surface area contributed by atoms with Crippen LogP contribution in [0, 0.1) is 11.8 Å². The number of nitrogens with zero attached hydrogens (tertiary/aromatic N) is 1. The second-order valence-electron chi connectivity index (χ2n) is 6.50. The van der Waals surface area contributed by atoms with Crippen molar-refractivity contribution >= 4 is 5.91 Å². The molecule has 0 aromatic carbocycles. The first-order valence-electron chi connectivity index (χ1n) is 7.69. The van der Waals surface area contributed by atoms with Gasteiger partial charge >= 0.3 is 0 Å². The molecule has 2 heterocycles. The monoisotopic (exact) mass is 268 g/mol. The molecule has 1 atom stereocenters. The first kappa shape index (κ1) is 14.8. The summed E-state index contributed by atoms with van der Waals surface area (Å²) in [6, 6.07) is 0. The third-order valence-corrected chi connectivity index (χ3v) is 4.81. The van der Waals surface area contributed by atoms with Gasteiger partial charge in [0.05, 0.1) is 5.54 Å².